The molecule has 0 bridgehead atoms. The van der Waals surface area contributed by atoms with E-state index in [0.717, 1.165) is 11.5 Å². The minimum absolute atomic E-state index is 0.242. The first-order valence-electron chi connectivity index (χ1n) is 4.30. The average Bonchev–Trinajstić information content (AvgIpc) is 2.53. The van der Waals surface area contributed by atoms with Crippen molar-refractivity contribution in [2.75, 3.05) is 0 Å². The smallest absolute Gasteiger partial charge is 0.131 e. The van der Waals surface area contributed by atoms with Gasteiger partial charge in [0.1, 0.15) is 11.1 Å². The van der Waals surface area contributed by atoms with E-state index in [1.165, 1.54) is 4.90 Å². The highest BCUT2D eigenvalue weighted by Crippen LogP contribution is 2.25. The lowest BCUT2D eigenvalue weighted by Gasteiger charge is -1.98. The van der Waals surface area contributed by atoms with Gasteiger partial charge in [0, 0.05) is 11.3 Å². The molecule has 1 unspecified atom stereocenters. The zero-order chi connectivity index (χ0) is 9.10. The third kappa shape index (κ3) is 2.25. The Morgan fingerprint density at radius 3 is 2.77 bits per heavy atom. The molecule has 1 aliphatic heterocycles. The molecule has 68 valence electrons. The Kier molecular flexibility index (Phi) is 2.54. The van der Waals surface area contributed by atoms with Crippen molar-refractivity contribution in [1.29, 1.82) is 0 Å². The van der Waals surface area contributed by atoms with Gasteiger partial charge in [-0.15, -0.1) is 0 Å². The summed E-state index contributed by atoms with van der Waals surface area (Å²) in [6, 6.07) is 10.2. The van der Waals surface area contributed by atoms with Crippen LogP contribution in [0.2, 0.25) is 0 Å². The lowest BCUT2D eigenvalue weighted by atomic mass is 10.3. The molecule has 0 radical (unpaired) electrons. The first kappa shape index (κ1) is 8.63. The van der Waals surface area contributed by atoms with Crippen LogP contribution in [-0.2, 0) is 4.84 Å². The van der Waals surface area contributed by atoms with Gasteiger partial charge < -0.3 is 4.84 Å². The molecular weight excluding hydrogens is 182 g/mol. The number of rotatable bonds is 1. The summed E-state index contributed by atoms with van der Waals surface area (Å²) in [7, 11) is 0. The Morgan fingerprint density at radius 2 is 2.15 bits per heavy atom. The highest BCUT2D eigenvalue weighted by Gasteiger charge is 2.16. The first-order valence-corrected chi connectivity index (χ1v) is 5.12. The second kappa shape index (κ2) is 3.83. The predicted octanol–water partition coefficient (Wildman–Crippen LogP) is 2.90. The van der Waals surface area contributed by atoms with Gasteiger partial charge in [-0.05, 0) is 19.1 Å². The van der Waals surface area contributed by atoms with Crippen LogP contribution >= 0.6 is 11.8 Å². The molecule has 0 saturated carbocycles. The first-order chi connectivity index (χ1) is 6.34. The second-order valence-electron chi connectivity index (χ2n) is 3.02. The molecule has 0 N–H and O–H groups in total. The highest BCUT2D eigenvalue weighted by molar-refractivity contribution is 8.14. The summed E-state index contributed by atoms with van der Waals surface area (Å²) >= 11 is 1.68. The Morgan fingerprint density at radius 1 is 1.38 bits per heavy atom. The minimum atomic E-state index is 0.242. The third-order valence-electron chi connectivity index (χ3n) is 1.78. The van der Waals surface area contributed by atoms with Crippen LogP contribution in [0.15, 0.2) is 40.4 Å². The van der Waals surface area contributed by atoms with Gasteiger partial charge in [-0.3, -0.25) is 0 Å². The summed E-state index contributed by atoms with van der Waals surface area (Å²) in [5.41, 5.74) is 0. The van der Waals surface area contributed by atoms with Gasteiger partial charge in [-0.1, -0.05) is 35.1 Å². The summed E-state index contributed by atoms with van der Waals surface area (Å²) in [6.45, 7) is 2.03. The molecule has 1 aliphatic rings. The molecular formula is C10H11NOS. The van der Waals surface area contributed by atoms with Gasteiger partial charge >= 0.3 is 0 Å². The number of hydrogen-bond donors (Lipinski definition) is 0. The van der Waals surface area contributed by atoms with E-state index in [9.17, 15) is 0 Å². The van der Waals surface area contributed by atoms with Gasteiger partial charge in [0.15, 0.2) is 0 Å². The van der Waals surface area contributed by atoms with Crippen molar-refractivity contribution in [3.8, 4) is 0 Å². The molecule has 3 heteroatoms. The van der Waals surface area contributed by atoms with Crippen LogP contribution in [0, 0.1) is 0 Å². The van der Waals surface area contributed by atoms with Crippen LogP contribution in [0.4, 0.5) is 0 Å². The van der Waals surface area contributed by atoms with E-state index >= 15 is 0 Å². The van der Waals surface area contributed by atoms with Crippen LogP contribution in [0.5, 0.6) is 0 Å². The topological polar surface area (TPSA) is 21.6 Å². The number of oxime groups is 1. The quantitative estimate of drug-likeness (QED) is 0.684. The number of hydrogen-bond acceptors (Lipinski definition) is 3. The largest absolute Gasteiger partial charge is 0.392 e. The van der Waals surface area contributed by atoms with Crippen molar-refractivity contribution in [3.05, 3.63) is 30.3 Å². The fourth-order valence-electron chi connectivity index (χ4n) is 1.15. The van der Waals surface area contributed by atoms with Crippen molar-refractivity contribution in [2.45, 2.75) is 24.3 Å². The van der Waals surface area contributed by atoms with Crippen molar-refractivity contribution >= 4 is 16.8 Å². The molecule has 13 heavy (non-hydrogen) atoms. The summed E-state index contributed by atoms with van der Waals surface area (Å²) < 4.78 is 0. The summed E-state index contributed by atoms with van der Waals surface area (Å²) in [5.74, 6) is 0. The highest BCUT2D eigenvalue weighted by atomic mass is 32.2. The van der Waals surface area contributed by atoms with Gasteiger partial charge in [0.05, 0.1) is 0 Å². The normalized spacial score (nSPS) is 21.0. The van der Waals surface area contributed by atoms with Gasteiger partial charge in [0.25, 0.3) is 0 Å². The fourth-order valence-corrected chi connectivity index (χ4v) is 2.12. The van der Waals surface area contributed by atoms with E-state index in [1.807, 2.05) is 25.1 Å². The molecule has 2 rings (SSSR count). The summed E-state index contributed by atoms with van der Waals surface area (Å²) in [6.07, 6.45) is 1.17. The van der Waals surface area contributed by atoms with E-state index in [-0.39, 0.29) is 6.10 Å². The lowest BCUT2D eigenvalue weighted by Crippen LogP contribution is -1.98. The summed E-state index contributed by atoms with van der Waals surface area (Å²) in [4.78, 5) is 6.33. The Balaban J connectivity index is 2.00. The molecule has 2 nitrogen and oxygen atoms in total. The van der Waals surface area contributed by atoms with Crippen molar-refractivity contribution in [2.24, 2.45) is 5.16 Å². The third-order valence-corrected chi connectivity index (χ3v) is 2.76. The van der Waals surface area contributed by atoms with Gasteiger partial charge in [-0.25, -0.2) is 0 Å². The van der Waals surface area contributed by atoms with E-state index < -0.39 is 0 Å². The number of benzene rings is 1. The lowest BCUT2D eigenvalue weighted by molar-refractivity contribution is 0.0996. The van der Waals surface area contributed by atoms with Crippen LogP contribution in [-0.4, -0.2) is 11.1 Å². The van der Waals surface area contributed by atoms with E-state index in [4.69, 9.17) is 4.84 Å². The van der Waals surface area contributed by atoms with Gasteiger partial charge in [-0.2, -0.15) is 0 Å². The van der Waals surface area contributed by atoms with Gasteiger partial charge in [0.2, 0.25) is 0 Å². The monoisotopic (exact) mass is 193 g/mol. The Labute approximate surface area is 82.0 Å². The zero-order valence-electron chi connectivity index (χ0n) is 7.43. The molecule has 0 spiro atoms. The number of thioether (sulfide) groups is 1. The maximum atomic E-state index is 5.10. The molecule has 0 saturated heterocycles. The van der Waals surface area contributed by atoms with Crippen LogP contribution in [0.1, 0.15) is 13.3 Å². The predicted molar refractivity (Wildman–Crippen MR) is 54.9 cm³/mol. The van der Waals surface area contributed by atoms with Crippen LogP contribution in [0.25, 0.3) is 0 Å². The molecule has 1 atom stereocenters. The molecule has 0 aromatic heterocycles. The maximum absolute atomic E-state index is 5.10. The zero-order valence-corrected chi connectivity index (χ0v) is 8.25. The molecule has 0 amide bonds. The standard InChI is InChI=1S/C10H11NOS/c1-8-7-10(11-12-8)13-9-5-3-2-4-6-9/h2-6,8H,7H2,1H3. The Hall–Kier alpha value is -0.960. The van der Waals surface area contributed by atoms with Crippen LogP contribution < -0.4 is 0 Å². The maximum Gasteiger partial charge on any atom is 0.131 e. The SMILES string of the molecule is CC1CC(Sc2ccccc2)=NO1. The molecule has 1 heterocycles. The average molecular weight is 193 g/mol. The number of nitrogens with zero attached hydrogens (tertiary/aromatic N) is 1. The molecule has 0 aliphatic carbocycles. The van der Waals surface area contributed by atoms with E-state index in [0.29, 0.717) is 0 Å². The second-order valence-corrected chi connectivity index (χ2v) is 4.17. The Bertz CT molecular complexity index is 310. The summed E-state index contributed by atoms with van der Waals surface area (Å²) in [5, 5.41) is 5.06. The molecule has 1 aromatic carbocycles. The van der Waals surface area contributed by atoms with E-state index in [1.54, 1.807) is 11.8 Å². The van der Waals surface area contributed by atoms with Crippen molar-refractivity contribution < 1.29 is 4.84 Å². The van der Waals surface area contributed by atoms with Crippen LogP contribution in [0.3, 0.4) is 0 Å². The molecule has 0 fully saturated rings. The fraction of sp³-hybridized carbons (Fsp3) is 0.300. The van der Waals surface area contributed by atoms with E-state index in [2.05, 4.69) is 17.3 Å². The van der Waals surface area contributed by atoms with Crippen molar-refractivity contribution in [1.82, 2.24) is 0 Å². The molecule has 1 aromatic rings. The van der Waals surface area contributed by atoms with Crippen molar-refractivity contribution in [3.63, 3.8) is 0 Å². The minimum Gasteiger partial charge on any atom is -0.392 e.